The molecule has 0 unspecified atom stereocenters. The molecule has 126 valence electrons. The van der Waals surface area contributed by atoms with Gasteiger partial charge < -0.3 is 14.3 Å². The minimum atomic E-state index is -0.521. The number of ether oxygens (including phenoxy) is 1. The summed E-state index contributed by atoms with van der Waals surface area (Å²) in [6, 6.07) is 5.90. The second-order valence-electron chi connectivity index (χ2n) is 7.07. The Balaban J connectivity index is 1.44. The fourth-order valence-electron chi connectivity index (χ4n) is 4.40. The topological polar surface area (TPSA) is 76.7 Å². The molecule has 2 aliphatic rings. The standard InChI is InChI=1S/C19H20O5/c20-15-3-4-16-14(8-19(22)24-17(16)9-15)10-23-18(21)7-13-6-11-1-2-12(13)5-11/h3-4,8-9,11-13,20H,1-2,5-7,10H2/t11-,12-,13-/m1/s1. The van der Waals surface area contributed by atoms with Crippen LogP contribution in [0.5, 0.6) is 5.75 Å². The van der Waals surface area contributed by atoms with Crippen molar-refractivity contribution >= 4 is 16.9 Å². The van der Waals surface area contributed by atoms with E-state index in [-0.39, 0.29) is 18.3 Å². The molecule has 3 atom stereocenters. The van der Waals surface area contributed by atoms with Gasteiger partial charge in [-0.3, -0.25) is 4.79 Å². The lowest BCUT2D eigenvalue weighted by molar-refractivity contribution is -0.146. The maximum atomic E-state index is 12.2. The molecule has 0 amide bonds. The van der Waals surface area contributed by atoms with Crippen LogP contribution < -0.4 is 5.63 Å². The lowest BCUT2D eigenvalue weighted by Gasteiger charge is -2.20. The quantitative estimate of drug-likeness (QED) is 0.688. The van der Waals surface area contributed by atoms with Gasteiger partial charge in [0.25, 0.3) is 0 Å². The highest BCUT2D eigenvalue weighted by molar-refractivity contribution is 5.81. The molecule has 1 heterocycles. The van der Waals surface area contributed by atoms with Crippen LogP contribution in [-0.2, 0) is 16.1 Å². The average molecular weight is 328 g/mol. The maximum absolute atomic E-state index is 12.2. The molecular weight excluding hydrogens is 308 g/mol. The zero-order valence-electron chi connectivity index (χ0n) is 13.4. The van der Waals surface area contributed by atoms with E-state index in [2.05, 4.69) is 0 Å². The van der Waals surface area contributed by atoms with Gasteiger partial charge in [-0.05, 0) is 49.1 Å². The van der Waals surface area contributed by atoms with Crippen molar-refractivity contribution in [1.29, 1.82) is 0 Å². The summed E-state index contributed by atoms with van der Waals surface area (Å²) < 4.78 is 10.5. The summed E-state index contributed by atoms with van der Waals surface area (Å²) in [6.07, 6.45) is 5.45. The number of phenolic OH excluding ortho intramolecular Hbond substituents is 1. The summed E-state index contributed by atoms with van der Waals surface area (Å²) >= 11 is 0. The summed E-state index contributed by atoms with van der Waals surface area (Å²) in [6.45, 7) is 0.0481. The first-order valence-electron chi connectivity index (χ1n) is 8.50. The van der Waals surface area contributed by atoms with E-state index in [1.807, 2.05) is 0 Å². The van der Waals surface area contributed by atoms with Crippen molar-refractivity contribution in [1.82, 2.24) is 0 Å². The fourth-order valence-corrected chi connectivity index (χ4v) is 4.40. The van der Waals surface area contributed by atoms with Crippen LogP contribution in [0, 0.1) is 17.8 Å². The second-order valence-corrected chi connectivity index (χ2v) is 7.07. The van der Waals surface area contributed by atoms with Gasteiger partial charge in [-0.25, -0.2) is 4.79 Å². The summed E-state index contributed by atoms with van der Waals surface area (Å²) in [5.41, 5.74) is 0.372. The number of esters is 1. The van der Waals surface area contributed by atoms with E-state index in [1.165, 1.54) is 37.5 Å². The number of carbonyl (C=O) groups excluding carboxylic acids is 1. The molecule has 4 rings (SSSR count). The van der Waals surface area contributed by atoms with Gasteiger partial charge in [0, 0.05) is 29.5 Å². The Hall–Kier alpha value is -2.30. The molecule has 5 nitrogen and oxygen atoms in total. The lowest BCUT2D eigenvalue weighted by atomic mass is 9.86. The van der Waals surface area contributed by atoms with Crippen molar-refractivity contribution in [2.24, 2.45) is 17.8 Å². The number of phenols is 1. The molecular formula is C19H20O5. The van der Waals surface area contributed by atoms with Gasteiger partial charge in [0.1, 0.15) is 17.9 Å². The minimum absolute atomic E-state index is 0.0241. The van der Waals surface area contributed by atoms with Crippen LogP contribution in [0.3, 0.4) is 0 Å². The van der Waals surface area contributed by atoms with E-state index in [0.29, 0.717) is 34.8 Å². The van der Waals surface area contributed by atoms with Crippen LogP contribution in [0.15, 0.2) is 33.5 Å². The molecule has 2 fully saturated rings. The summed E-state index contributed by atoms with van der Waals surface area (Å²) in [4.78, 5) is 23.8. The highest BCUT2D eigenvalue weighted by Crippen LogP contribution is 2.49. The van der Waals surface area contributed by atoms with Crippen LogP contribution in [0.2, 0.25) is 0 Å². The highest BCUT2D eigenvalue weighted by atomic mass is 16.5. The van der Waals surface area contributed by atoms with E-state index < -0.39 is 5.63 Å². The maximum Gasteiger partial charge on any atom is 0.336 e. The van der Waals surface area contributed by atoms with Crippen molar-refractivity contribution in [3.63, 3.8) is 0 Å². The summed E-state index contributed by atoms with van der Waals surface area (Å²) in [7, 11) is 0. The SMILES string of the molecule is O=C(C[C@H]1C[C@@H]2CC[C@@H]1C2)OCc1cc(=O)oc2cc(O)ccc12. The predicted molar refractivity (Wildman–Crippen MR) is 87.5 cm³/mol. The molecule has 2 saturated carbocycles. The van der Waals surface area contributed by atoms with E-state index in [1.54, 1.807) is 6.07 Å². The third-order valence-electron chi connectivity index (χ3n) is 5.52. The average Bonchev–Trinajstić information content (AvgIpc) is 3.14. The Morgan fingerprint density at radius 2 is 2.12 bits per heavy atom. The number of rotatable bonds is 4. The summed E-state index contributed by atoms with van der Waals surface area (Å²) in [5, 5.41) is 10.2. The third kappa shape index (κ3) is 2.90. The molecule has 2 aromatic rings. The minimum Gasteiger partial charge on any atom is -0.508 e. The Kier molecular flexibility index (Phi) is 3.79. The largest absolute Gasteiger partial charge is 0.508 e. The van der Waals surface area contributed by atoms with Gasteiger partial charge in [0.05, 0.1) is 0 Å². The second kappa shape index (κ2) is 5.96. The van der Waals surface area contributed by atoms with Gasteiger partial charge in [0.15, 0.2) is 0 Å². The number of hydrogen-bond acceptors (Lipinski definition) is 5. The van der Waals surface area contributed by atoms with Crippen molar-refractivity contribution in [2.45, 2.75) is 38.7 Å². The predicted octanol–water partition coefficient (Wildman–Crippen LogP) is 3.37. The van der Waals surface area contributed by atoms with E-state index in [9.17, 15) is 14.7 Å². The number of carbonyl (C=O) groups is 1. The van der Waals surface area contributed by atoms with Crippen molar-refractivity contribution < 1.29 is 19.1 Å². The van der Waals surface area contributed by atoms with Crippen molar-refractivity contribution in [3.8, 4) is 5.75 Å². The molecule has 2 bridgehead atoms. The molecule has 1 aromatic carbocycles. The van der Waals surface area contributed by atoms with E-state index in [4.69, 9.17) is 9.15 Å². The normalized spacial score (nSPS) is 25.2. The highest BCUT2D eigenvalue weighted by Gasteiger charge is 2.40. The molecule has 1 N–H and O–H groups in total. The van der Waals surface area contributed by atoms with Gasteiger partial charge in [-0.2, -0.15) is 0 Å². The van der Waals surface area contributed by atoms with E-state index in [0.717, 1.165) is 12.3 Å². The van der Waals surface area contributed by atoms with Crippen LogP contribution in [0.1, 0.15) is 37.7 Å². The number of benzene rings is 1. The monoisotopic (exact) mass is 328 g/mol. The number of aromatic hydroxyl groups is 1. The first-order valence-corrected chi connectivity index (χ1v) is 8.50. The Bertz CT molecular complexity index is 837. The molecule has 5 heteroatoms. The van der Waals surface area contributed by atoms with Gasteiger partial charge in [-0.1, -0.05) is 6.42 Å². The van der Waals surface area contributed by atoms with Crippen LogP contribution in [-0.4, -0.2) is 11.1 Å². The van der Waals surface area contributed by atoms with Crippen molar-refractivity contribution in [3.05, 3.63) is 40.2 Å². The Morgan fingerprint density at radius 1 is 1.25 bits per heavy atom. The van der Waals surface area contributed by atoms with Crippen LogP contribution >= 0.6 is 0 Å². The molecule has 2 aliphatic carbocycles. The molecule has 0 spiro atoms. The zero-order chi connectivity index (χ0) is 16.7. The van der Waals surface area contributed by atoms with Gasteiger partial charge in [0.2, 0.25) is 0 Å². The van der Waals surface area contributed by atoms with Gasteiger partial charge in [-0.15, -0.1) is 0 Å². The third-order valence-corrected chi connectivity index (χ3v) is 5.52. The summed E-state index contributed by atoms with van der Waals surface area (Å²) in [5.74, 6) is 1.79. The Morgan fingerprint density at radius 3 is 2.88 bits per heavy atom. The molecule has 1 aromatic heterocycles. The molecule has 0 aliphatic heterocycles. The van der Waals surface area contributed by atoms with E-state index >= 15 is 0 Å². The Labute approximate surface area is 139 Å². The lowest BCUT2D eigenvalue weighted by Crippen LogP contribution is -2.17. The van der Waals surface area contributed by atoms with Crippen molar-refractivity contribution in [2.75, 3.05) is 0 Å². The molecule has 0 saturated heterocycles. The first kappa shape index (κ1) is 15.2. The first-order chi connectivity index (χ1) is 11.6. The number of fused-ring (bicyclic) bond motifs is 3. The molecule has 24 heavy (non-hydrogen) atoms. The molecule has 0 radical (unpaired) electrons. The smallest absolute Gasteiger partial charge is 0.336 e. The fraction of sp³-hybridized carbons (Fsp3) is 0.474. The van der Waals surface area contributed by atoms with Crippen LogP contribution in [0.4, 0.5) is 0 Å². The van der Waals surface area contributed by atoms with Crippen LogP contribution in [0.25, 0.3) is 11.0 Å². The number of hydrogen-bond donors (Lipinski definition) is 1. The zero-order valence-corrected chi connectivity index (χ0v) is 13.4. The van der Waals surface area contributed by atoms with Gasteiger partial charge >= 0.3 is 11.6 Å².